The predicted octanol–water partition coefficient (Wildman–Crippen LogP) is 6.53. The Morgan fingerprint density at radius 3 is 1.62 bits per heavy atom. The van der Waals surface area contributed by atoms with Gasteiger partial charge in [-0.25, -0.2) is 0 Å². The van der Waals surface area contributed by atoms with Crippen LogP contribution in [0.15, 0.2) is 91.0 Å². The van der Waals surface area contributed by atoms with Gasteiger partial charge in [0.05, 0.1) is 11.8 Å². The van der Waals surface area contributed by atoms with Crippen molar-refractivity contribution >= 4 is 46.9 Å². The van der Waals surface area contributed by atoms with Gasteiger partial charge in [0.1, 0.15) is 0 Å². The summed E-state index contributed by atoms with van der Waals surface area (Å²) in [6, 6.07) is 22.3. The van der Waals surface area contributed by atoms with Gasteiger partial charge in [-0.15, -0.1) is 0 Å². The first-order chi connectivity index (χ1) is 16.3. The molecule has 0 spiro atoms. The average Bonchev–Trinajstić information content (AvgIpc) is 2.83. The van der Waals surface area contributed by atoms with E-state index in [9.17, 15) is 19.7 Å². The summed E-state index contributed by atoms with van der Waals surface area (Å²) in [5.41, 5.74) is 1.98. The molecular weight excluding hydrogens is 473 g/mol. The molecule has 0 unspecified atom stereocenters. The van der Waals surface area contributed by atoms with Crippen LogP contribution in [0.1, 0.15) is 22.6 Å². The summed E-state index contributed by atoms with van der Waals surface area (Å²) in [5.74, 6) is -3.23. The maximum atomic E-state index is 13.3. The first kappa shape index (κ1) is 25.1. The van der Waals surface area contributed by atoms with E-state index in [-0.39, 0.29) is 0 Å². The molecule has 0 aliphatic rings. The van der Waals surface area contributed by atoms with E-state index in [0.717, 1.165) is 0 Å². The van der Waals surface area contributed by atoms with Crippen LogP contribution in [0.2, 0.25) is 10.0 Å². The van der Waals surface area contributed by atoms with Crippen LogP contribution < -0.4 is 0 Å². The van der Waals surface area contributed by atoms with Crippen LogP contribution in [0.25, 0.3) is 12.2 Å². The number of hydrogen-bond donors (Lipinski definition) is 0. The normalized spacial score (nSPS) is 12.3. The molecule has 0 bridgehead atoms. The smallest absolute Gasteiger partial charge is 0.211 e. The van der Waals surface area contributed by atoms with Crippen molar-refractivity contribution in [2.24, 2.45) is 5.92 Å². The largest absolute Gasteiger partial charge is 0.294 e. The highest BCUT2D eigenvalue weighted by molar-refractivity contribution is 6.30. The molecule has 5 nitrogen and oxygen atoms in total. The third-order valence-corrected chi connectivity index (χ3v) is 5.71. The van der Waals surface area contributed by atoms with Crippen molar-refractivity contribution < 1.29 is 14.5 Å². The molecule has 0 aliphatic carbocycles. The Labute approximate surface area is 207 Å². The number of rotatable bonds is 10. The minimum Gasteiger partial charge on any atom is -0.294 e. The summed E-state index contributed by atoms with van der Waals surface area (Å²) in [5, 5.41) is 12.6. The first-order valence-electron chi connectivity index (χ1n) is 10.4. The fraction of sp³-hybridized carbons (Fsp3) is 0.111. The quantitative estimate of drug-likeness (QED) is 0.139. The zero-order valence-corrected chi connectivity index (χ0v) is 19.5. The topological polar surface area (TPSA) is 77.3 Å². The highest BCUT2D eigenvalue weighted by Gasteiger charge is 2.36. The van der Waals surface area contributed by atoms with Gasteiger partial charge in [-0.1, -0.05) is 90.0 Å². The standard InChI is InChI=1S/C27H21Cl2NO4/c28-22-12-6-19(7-13-22)10-16-25(31)27(24(18-30(33)34)21-4-2-1-3-5-21)26(32)17-11-20-8-14-23(29)15-9-20/h1-17,24,27H,18H2/b16-10+,17-11+/t24-/m1/s1. The van der Waals surface area contributed by atoms with E-state index >= 15 is 0 Å². The second-order valence-corrected chi connectivity index (χ2v) is 8.46. The zero-order chi connectivity index (χ0) is 24.5. The van der Waals surface area contributed by atoms with Crippen LogP contribution in [0.5, 0.6) is 0 Å². The third kappa shape index (κ3) is 7.24. The molecule has 1 atom stereocenters. The molecule has 0 saturated carbocycles. The van der Waals surface area contributed by atoms with Crippen molar-refractivity contribution in [1.82, 2.24) is 0 Å². The van der Waals surface area contributed by atoms with E-state index in [2.05, 4.69) is 0 Å². The maximum Gasteiger partial charge on any atom is 0.211 e. The van der Waals surface area contributed by atoms with Crippen LogP contribution in [-0.2, 0) is 9.59 Å². The van der Waals surface area contributed by atoms with E-state index in [1.165, 1.54) is 12.2 Å². The summed E-state index contributed by atoms with van der Waals surface area (Å²) >= 11 is 11.8. The Morgan fingerprint density at radius 1 is 0.765 bits per heavy atom. The molecule has 0 N–H and O–H groups in total. The predicted molar refractivity (Wildman–Crippen MR) is 136 cm³/mol. The van der Waals surface area contributed by atoms with Gasteiger partial charge in [0.15, 0.2) is 11.6 Å². The summed E-state index contributed by atoms with van der Waals surface area (Å²) in [4.78, 5) is 37.5. The van der Waals surface area contributed by atoms with Crippen molar-refractivity contribution in [3.8, 4) is 0 Å². The lowest BCUT2D eigenvalue weighted by Crippen LogP contribution is -2.32. The molecule has 7 heteroatoms. The Kier molecular flexibility index (Phi) is 8.91. The van der Waals surface area contributed by atoms with Gasteiger partial charge >= 0.3 is 0 Å². The van der Waals surface area contributed by atoms with Gasteiger partial charge in [-0.3, -0.25) is 19.7 Å². The van der Waals surface area contributed by atoms with Crippen molar-refractivity contribution in [3.63, 3.8) is 0 Å². The number of benzene rings is 3. The molecule has 3 aromatic rings. The van der Waals surface area contributed by atoms with Gasteiger partial charge in [-0.05, 0) is 53.1 Å². The lowest BCUT2D eigenvalue weighted by molar-refractivity contribution is -0.484. The molecule has 34 heavy (non-hydrogen) atoms. The van der Waals surface area contributed by atoms with E-state index < -0.39 is 34.9 Å². The molecule has 0 radical (unpaired) electrons. The first-order valence-corrected chi connectivity index (χ1v) is 11.2. The molecule has 3 rings (SSSR count). The molecule has 0 aliphatic heterocycles. The highest BCUT2D eigenvalue weighted by atomic mass is 35.5. The second-order valence-electron chi connectivity index (χ2n) is 7.58. The molecule has 0 fully saturated rings. The number of nitrogens with zero attached hydrogens (tertiary/aromatic N) is 1. The fourth-order valence-electron chi connectivity index (χ4n) is 3.51. The van der Waals surface area contributed by atoms with Crippen molar-refractivity contribution in [3.05, 3.63) is 128 Å². The van der Waals surface area contributed by atoms with Crippen LogP contribution >= 0.6 is 23.2 Å². The van der Waals surface area contributed by atoms with E-state index in [0.29, 0.717) is 26.7 Å². The lowest BCUT2D eigenvalue weighted by atomic mass is 9.80. The molecule has 3 aromatic carbocycles. The minimum atomic E-state index is -1.26. The van der Waals surface area contributed by atoms with Gasteiger partial charge in [0.25, 0.3) is 0 Å². The highest BCUT2D eigenvalue weighted by Crippen LogP contribution is 2.28. The second kappa shape index (κ2) is 12.1. The maximum absolute atomic E-state index is 13.3. The van der Waals surface area contributed by atoms with Crippen LogP contribution in [0, 0.1) is 16.0 Å². The van der Waals surface area contributed by atoms with Gasteiger partial charge in [0.2, 0.25) is 6.54 Å². The van der Waals surface area contributed by atoms with E-state index in [1.54, 1.807) is 91.0 Å². The van der Waals surface area contributed by atoms with Gasteiger partial charge < -0.3 is 0 Å². The van der Waals surface area contributed by atoms with Crippen LogP contribution in [-0.4, -0.2) is 23.0 Å². The number of allylic oxidation sites excluding steroid dienone is 2. The van der Waals surface area contributed by atoms with Crippen molar-refractivity contribution in [1.29, 1.82) is 0 Å². The number of hydrogen-bond acceptors (Lipinski definition) is 4. The monoisotopic (exact) mass is 493 g/mol. The number of carbonyl (C=O) groups is 2. The number of ketones is 2. The van der Waals surface area contributed by atoms with Gasteiger partial charge in [0, 0.05) is 15.0 Å². The Morgan fingerprint density at radius 2 is 1.21 bits per heavy atom. The summed E-state index contributed by atoms with van der Waals surface area (Å²) < 4.78 is 0. The summed E-state index contributed by atoms with van der Waals surface area (Å²) in [7, 11) is 0. The molecule has 0 saturated heterocycles. The summed E-state index contributed by atoms with van der Waals surface area (Å²) in [6.07, 6.45) is 5.71. The number of halogens is 2. The Balaban J connectivity index is 1.96. The zero-order valence-electron chi connectivity index (χ0n) is 18.0. The number of carbonyl (C=O) groups excluding carboxylic acids is 2. The van der Waals surface area contributed by atoms with Crippen molar-refractivity contribution in [2.45, 2.75) is 5.92 Å². The fourth-order valence-corrected chi connectivity index (χ4v) is 3.76. The SMILES string of the molecule is O=C(/C=C/c1ccc(Cl)cc1)C(C(=O)/C=C/c1ccc(Cl)cc1)[C@H](C[N+](=O)[O-])c1ccccc1. The molecule has 0 heterocycles. The lowest BCUT2D eigenvalue weighted by Gasteiger charge is -2.20. The third-order valence-electron chi connectivity index (χ3n) is 5.21. The molecule has 0 amide bonds. The Hall–Kier alpha value is -3.54. The van der Waals surface area contributed by atoms with Crippen LogP contribution in [0.3, 0.4) is 0 Å². The number of nitro groups is 1. The van der Waals surface area contributed by atoms with Gasteiger partial charge in [-0.2, -0.15) is 0 Å². The minimum absolute atomic E-state index is 0.503. The van der Waals surface area contributed by atoms with Crippen LogP contribution in [0.4, 0.5) is 0 Å². The summed E-state index contributed by atoms with van der Waals surface area (Å²) in [6.45, 7) is -0.560. The molecular formula is C27H21Cl2NO4. The average molecular weight is 494 g/mol. The Bertz CT molecular complexity index is 1140. The van der Waals surface area contributed by atoms with E-state index in [1.807, 2.05) is 0 Å². The van der Waals surface area contributed by atoms with Crippen molar-refractivity contribution in [2.75, 3.05) is 6.54 Å². The molecule has 0 aromatic heterocycles. The van der Waals surface area contributed by atoms with E-state index in [4.69, 9.17) is 23.2 Å². The molecule has 172 valence electrons.